The van der Waals surface area contributed by atoms with Crippen LogP contribution in [0.5, 0.6) is 0 Å². The average molecular weight is 317 g/mol. The van der Waals surface area contributed by atoms with Crippen molar-refractivity contribution in [3.63, 3.8) is 0 Å². The van der Waals surface area contributed by atoms with Crippen LogP contribution in [-0.2, 0) is 11.3 Å². The Morgan fingerprint density at radius 2 is 1.63 bits per heavy atom. The van der Waals surface area contributed by atoms with E-state index in [2.05, 4.69) is 4.98 Å². The second kappa shape index (κ2) is 6.24. The molecule has 0 bridgehead atoms. The standard InChI is InChI=1S/C13H8Cl3NO2/c14-10-3-1-8(2-4-10)7-19-13(18)9-5-11(15)17-12(16)6-9/h1-6H,7H2. The SMILES string of the molecule is O=C(OCc1ccc(Cl)cc1)c1cc(Cl)nc(Cl)c1. The van der Waals surface area contributed by atoms with Crippen LogP contribution in [0.1, 0.15) is 15.9 Å². The molecule has 0 saturated heterocycles. The lowest BCUT2D eigenvalue weighted by Gasteiger charge is -2.05. The topological polar surface area (TPSA) is 39.2 Å². The molecule has 0 amide bonds. The van der Waals surface area contributed by atoms with Gasteiger partial charge in [0.15, 0.2) is 0 Å². The summed E-state index contributed by atoms with van der Waals surface area (Å²) >= 11 is 17.2. The van der Waals surface area contributed by atoms with Crippen LogP contribution in [0.2, 0.25) is 15.3 Å². The summed E-state index contributed by atoms with van der Waals surface area (Å²) in [6.45, 7) is 0.146. The van der Waals surface area contributed by atoms with Crippen LogP contribution < -0.4 is 0 Å². The molecule has 2 aromatic rings. The van der Waals surface area contributed by atoms with Crippen molar-refractivity contribution in [2.75, 3.05) is 0 Å². The molecular formula is C13H8Cl3NO2. The van der Waals surface area contributed by atoms with E-state index in [1.807, 2.05) is 0 Å². The van der Waals surface area contributed by atoms with Crippen molar-refractivity contribution in [3.8, 4) is 0 Å². The summed E-state index contributed by atoms with van der Waals surface area (Å²) in [6.07, 6.45) is 0. The first kappa shape index (κ1) is 14.1. The minimum Gasteiger partial charge on any atom is -0.457 e. The zero-order valence-electron chi connectivity index (χ0n) is 9.57. The highest BCUT2D eigenvalue weighted by molar-refractivity contribution is 6.33. The summed E-state index contributed by atoms with van der Waals surface area (Å²) in [7, 11) is 0. The first-order chi connectivity index (χ1) is 9.04. The predicted molar refractivity (Wildman–Crippen MR) is 74.8 cm³/mol. The van der Waals surface area contributed by atoms with Crippen molar-refractivity contribution in [3.05, 3.63) is 62.9 Å². The zero-order chi connectivity index (χ0) is 13.8. The number of hydrogen-bond acceptors (Lipinski definition) is 3. The van der Waals surface area contributed by atoms with Gasteiger partial charge >= 0.3 is 5.97 Å². The molecule has 0 spiro atoms. The highest BCUT2D eigenvalue weighted by Crippen LogP contribution is 2.16. The van der Waals surface area contributed by atoms with E-state index in [0.717, 1.165) is 5.56 Å². The number of benzene rings is 1. The molecule has 0 atom stereocenters. The summed E-state index contributed by atoms with van der Waals surface area (Å²) in [6, 6.07) is 9.81. The summed E-state index contributed by atoms with van der Waals surface area (Å²) in [5.41, 5.74) is 1.10. The third-order valence-corrected chi connectivity index (χ3v) is 2.92. The monoisotopic (exact) mass is 315 g/mol. The fraction of sp³-hybridized carbons (Fsp3) is 0.0769. The number of ether oxygens (including phenoxy) is 1. The van der Waals surface area contributed by atoms with E-state index in [1.165, 1.54) is 12.1 Å². The lowest BCUT2D eigenvalue weighted by Crippen LogP contribution is -2.05. The van der Waals surface area contributed by atoms with Crippen LogP contribution in [0, 0.1) is 0 Å². The molecule has 6 heteroatoms. The molecule has 0 aliphatic carbocycles. The predicted octanol–water partition coefficient (Wildman–Crippen LogP) is 4.40. The van der Waals surface area contributed by atoms with Gasteiger partial charge in [0, 0.05) is 5.02 Å². The van der Waals surface area contributed by atoms with Gasteiger partial charge in [-0.15, -0.1) is 0 Å². The largest absolute Gasteiger partial charge is 0.457 e. The first-order valence-electron chi connectivity index (χ1n) is 5.29. The number of hydrogen-bond donors (Lipinski definition) is 0. The van der Waals surface area contributed by atoms with Gasteiger partial charge in [-0.1, -0.05) is 46.9 Å². The van der Waals surface area contributed by atoms with Gasteiger partial charge < -0.3 is 4.74 Å². The van der Waals surface area contributed by atoms with E-state index in [9.17, 15) is 4.79 Å². The van der Waals surface area contributed by atoms with Crippen LogP contribution >= 0.6 is 34.8 Å². The third kappa shape index (κ3) is 4.10. The van der Waals surface area contributed by atoms with Crippen molar-refractivity contribution in [1.29, 1.82) is 0 Å². The second-order valence-corrected chi connectivity index (χ2v) is 4.91. The van der Waals surface area contributed by atoms with Crippen LogP contribution in [0.25, 0.3) is 0 Å². The van der Waals surface area contributed by atoms with Gasteiger partial charge in [0.2, 0.25) is 0 Å². The van der Waals surface area contributed by atoms with E-state index >= 15 is 0 Å². The number of pyridine rings is 1. The van der Waals surface area contributed by atoms with Crippen LogP contribution in [0.4, 0.5) is 0 Å². The molecule has 2 rings (SSSR count). The average Bonchev–Trinajstić information content (AvgIpc) is 2.36. The van der Waals surface area contributed by atoms with Gasteiger partial charge in [0.25, 0.3) is 0 Å². The van der Waals surface area contributed by atoms with Crippen LogP contribution in [-0.4, -0.2) is 11.0 Å². The van der Waals surface area contributed by atoms with E-state index in [0.29, 0.717) is 5.02 Å². The fourth-order valence-corrected chi connectivity index (χ4v) is 1.98. The maximum absolute atomic E-state index is 11.8. The van der Waals surface area contributed by atoms with Gasteiger partial charge in [0.1, 0.15) is 16.9 Å². The molecule has 19 heavy (non-hydrogen) atoms. The maximum Gasteiger partial charge on any atom is 0.338 e. The normalized spacial score (nSPS) is 10.3. The summed E-state index contributed by atoms with van der Waals surface area (Å²) in [4.78, 5) is 15.5. The molecule has 1 aromatic carbocycles. The molecule has 3 nitrogen and oxygen atoms in total. The number of nitrogens with zero attached hydrogens (tertiary/aromatic N) is 1. The molecule has 0 aliphatic heterocycles. The summed E-state index contributed by atoms with van der Waals surface area (Å²) < 4.78 is 5.14. The highest BCUT2D eigenvalue weighted by Gasteiger charge is 2.10. The first-order valence-corrected chi connectivity index (χ1v) is 6.42. The number of carbonyl (C=O) groups excluding carboxylic acids is 1. The summed E-state index contributed by atoms with van der Waals surface area (Å²) in [5, 5.41) is 0.916. The van der Waals surface area contributed by atoms with Crippen molar-refractivity contribution in [2.45, 2.75) is 6.61 Å². The number of rotatable bonds is 3. The smallest absolute Gasteiger partial charge is 0.338 e. The maximum atomic E-state index is 11.8. The molecule has 0 aliphatic rings. The quantitative estimate of drug-likeness (QED) is 0.622. The Morgan fingerprint density at radius 3 is 2.21 bits per heavy atom. The van der Waals surface area contributed by atoms with Crippen molar-refractivity contribution >= 4 is 40.8 Å². The van der Waals surface area contributed by atoms with E-state index in [1.54, 1.807) is 24.3 Å². The molecule has 0 N–H and O–H groups in total. The van der Waals surface area contributed by atoms with Gasteiger partial charge in [0.05, 0.1) is 5.56 Å². The Morgan fingerprint density at radius 1 is 1.05 bits per heavy atom. The van der Waals surface area contributed by atoms with Crippen LogP contribution in [0.15, 0.2) is 36.4 Å². The van der Waals surface area contributed by atoms with Gasteiger partial charge in [-0.05, 0) is 29.8 Å². The Balaban J connectivity index is 2.03. The van der Waals surface area contributed by atoms with Crippen molar-refractivity contribution in [1.82, 2.24) is 4.98 Å². The second-order valence-electron chi connectivity index (χ2n) is 3.70. The molecule has 1 aromatic heterocycles. The Labute approximate surface area is 125 Å². The fourth-order valence-electron chi connectivity index (χ4n) is 1.40. The minimum absolute atomic E-state index is 0.144. The van der Waals surface area contributed by atoms with Crippen molar-refractivity contribution < 1.29 is 9.53 Å². The highest BCUT2D eigenvalue weighted by atomic mass is 35.5. The van der Waals surface area contributed by atoms with E-state index in [-0.39, 0.29) is 22.5 Å². The number of aromatic nitrogens is 1. The number of carbonyl (C=O) groups is 1. The van der Waals surface area contributed by atoms with E-state index in [4.69, 9.17) is 39.5 Å². The number of esters is 1. The van der Waals surface area contributed by atoms with Gasteiger partial charge in [-0.3, -0.25) is 0 Å². The lowest BCUT2D eigenvalue weighted by molar-refractivity contribution is 0.0472. The molecule has 0 fully saturated rings. The molecule has 0 saturated carbocycles. The molecule has 98 valence electrons. The number of halogens is 3. The minimum atomic E-state index is -0.513. The van der Waals surface area contributed by atoms with Gasteiger partial charge in [-0.25, -0.2) is 9.78 Å². The Kier molecular flexibility index (Phi) is 4.64. The molecule has 0 unspecified atom stereocenters. The zero-order valence-corrected chi connectivity index (χ0v) is 11.8. The molecular weight excluding hydrogens is 309 g/mol. The van der Waals surface area contributed by atoms with E-state index < -0.39 is 5.97 Å². The Bertz CT molecular complexity index is 579. The van der Waals surface area contributed by atoms with Crippen molar-refractivity contribution in [2.24, 2.45) is 0 Å². The molecule has 1 heterocycles. The third-order valence-electron chi connectivity index (χ3n) is 2.28. The van der Waals surface area contributed by atoms with Gasteiger partial charge in [-0.2, -0.15) is 0 Å². The Hall–Kier alpha value is -1.29. The van der Waals surface area contributed by atoms with Crippen LogP contribution in [0.3, 0.4) is 0 Å². The lowest BCUT2D eigenvalue weighted by atomic mass is 10.2. The summed E-state index contributed by atoms with van der Waals surface area (Å²) in [5.74, 6) is -0.513. The molecule has 0 radical (unpaired) electrons.